The van der Waals surface area contributed by atoms with Crippen molar-refractivity contribution in [3.63, 3.8) is 0 Å². The van der Waals surface area contributed by atoms with Gasteiger partial charge in [0.05, 0.1) is 17.0 Å². The van der Waals surface area contributed by atoms with Crippen LogP contribution in [0.3, 0.4) is 0 Å². The third-order valence-corrected chi connectivity index (χ3v) is 3.98. The summed E-state index contributed by atoms with van der Waals surface area (Å²) in [6.45, 7) is 3.92. The number of hydrogen-bond acceptors (Lipinski definition) is 4. The van der Waals surface area contributed by atoms with Crippen molar-refractivity contribution < 1.29 is 9.72 Å². The van der Waals surface area contributed by atoms with Crippen LogP contribution in [0.4, 0.5) is 5.69 Å². The normalized spacial score (nSPS) is 10.9. The highest BCUT2D eigenvalue weighted by atomic mass is 16.6. The summed E-state index contributed by atoms with van der Waals surface area (Å²) < 4.78 is 1.73. The first-order chi connectivity index (χ1) is 11.0. The summed E-state index contributed by atoms with van der Waals surface area (Å²) in [5.74, 6) is 0.405. The Morgan fingerprint density at radius 3 is 2.70 bits per heavy atom. The molecular weight excluding hydrogens is 294 g/mol. The molecule has 1 aromatic carbocycles. The molecule has 0 fully saturated rings. The molecule has 0 aliphatic carbocycles. The Kier molecular flexibility index (Phi) is 3.65. The van der Waals surface area contributed by atoms with Crippen molar-refractivity contribution in [2.75, 3.05) is 0 Å². The van der Waals surface area contributed by atoms with E-state index < -0.39 is 4.92 Å². The molecule has 0 atom stereocenters. The maximum absolute atomic E-state index is 12.5. The number of para-hydroxylation sites is 1. The third-order valence-electron chi connectivity index (χ3n) is 3.98. The molecule has 0 saturated carbocycles. The monoisotopic (exact) mass is 309 g/mol. The van der Waals surface area contributed by atoms with E-state index in [1.807, 2.05) is 26.0 Å². The van der Waals surface area contributed by atoms with Gasteiger partial charge in [-0.2, -0.15) is 0 Å². The summed E-state index contributed by atoms with van der Waals surface area (Å²) in [5, 5.41) is 11.1. The van der Waals surface area contributed by atoms with E-state index in [1.54, 1.807) is 22.9 Å². The van der Waals surface area contributed by atoms with E-state index in [2.05, 4.69) is 4.98 Å². The van der Waals surface area contributed by atoms with Crippen molar-refractivity contribution in [2.45, 2.75) is 20.4 Å². The Hall–Kier alpha value is -3.02. The van der Waals surface area contributed by atoms with Crippen LogP contribution in [0.15, 0.2) is 42.6 Å². The lowest BCUT2D eigenvalue weighted by Crippen LogP contribution is -2.14. The van der Waals surface area contributed by atoms with Crippen LogP contribution in [0.5, 0.6) is 0 Å². The zero-order chi connectivity index (χ0) is 16.6. The highest BCUT2D eigenvalue weighted by Gasteiger charge is 2.21. The largest absolute Gasteiger partial charge is 0.325 e. The van der Waals surface area contributed by atoms with E-state index >= 15 is 0 Å². The van der Waals surface area contributed by atoms with Gasteiger partial charge in [0.15, 0.2) is 5.78 Å². The summed E-state index contributed by atoms with van der Waals surface area (Å²) in [6.07, 6.45) is 1.76. The molecule has 3 rings (SSSR count). The van der Waals surface area contributed by atoms with Crippen molar-refractivity contribution in [3.8, 4) is 11.4 Å². The Morgan fingerprint density at radius 1 is 1.22 bits per heavy atom. The van der Waals surface area contributed by atoms with Gasteiger partial charge in [0.2, 0.25) is 0 Å². The first-order valence-corrected chi connectivity index (χ1v) is 7.17. The van der Waals surface area contributed by atoms with Gasteiger partial charge in [0.1, 0.15) is 5.82 Å². The van der Waals surface area contributed by atoms with Gasteiger partial charge in [-0.1, -0.05) is 12.1 Å². The molecule has 0 bridgehead atoms. The van der Waals surface area contributed by atoms with Crippen molar-refractivity contribution in [1.29, 1.82) is 0 Å². The minimum atomic E-state index is -0.534. The molecule has 2 heterocycles. The standard InChI is InChI=1S/C17H15N3O3/c1-11-12(2)18-17-13(11)7-5-9-19(17)10-16(21)14-6-3-4-8-15(14)20(22)23/h3-9H,10H2,1-2H3. The number of fused-ring (bicyclic) bond motifs is 1. The van der Waals surface area contributed by atoms with Gasteiger partial charge in [-0.15, -0.1) is 0 Å². The van der Waals surface area contributed by atoms with Crippen LogP contribution < -0.4 is 0 Å². The molecular formula is C17H15N3O3. The molecule has 6 heteroatoms. The van der Waals surface area contributed by atoms with Gasteiger partial charge in [-0.25, -0.2) is 4.98 Å². The van der Waals surface area contributed by atoms with Gasteiger partial charge in [-0.3, -0.25) is 14.9 Å². The highest BCUT2D eigenvalue weighted by molar-refractivity contribution is 5.99. The summed E-state index contributed by atoms with van der Waals surface area (Å²) in [6, 6.07) is 9.80. The maximum Gasteiger partial charge on any atom is 0.280 e. The lowest BCUT2D eigenvalue weighted by molar-refractivity contribution is -0.385. The zero-order valence-electron chi connectivity index (χ0n) is 12.8. The lowest BCUT2D eigenvalue weighted by atomic mass is 10.1. The number of ketones is 1. The van der Waals surface area contributed by atoms with Crippen molar-refractivity contribution >= 4 is 11.5 Å². The molecule has 0 amide bonds. The topological polar surface area (TPSA) is 78.0 Å². The minimum Gasteiger partial charge on any atom is -0.325 e. The second kappa shape index (κ2) is 5.64. The molecule has 6 nitrogen and oxygen atoms in total. The van der Waals surface area contributed by atoms with Crippen LogP contribution in [-0.2, 0) is 6.54 Å². The SMILES string of the molecule is Cc1nc2n(CC(=O)c3ccccc3[N+](=O)[O-])cccc-2c1C. The molecule has 0 saturated heterocycles. The van der Waals surface area contributed by atoms with Gasteiger partial charge in [-0.05, 0) is 37.6 Å². The molecule has 1 aromatic rings. The number of carbonyl (C=O) groups is 1. The fourth-order valence-electron chi connectivity index (χ4n) is 2.63. The molecule has 116 valence electrons. The molecule has 0 aromatic heterocycles. The van der Waals surface area contributed by atoms with E-state index in [0.717, 1.165) is 22.6 Å². The van der Waals surface area contributed by atoms with Crippen molar-refractivity contribution in [3.05, 3.63) is 69.5 Å². The Balaban J connectivity index is 1.98. The molecule has 0 unspecified atom stereocenters. The molecule has 2 aliphatic heterocycles. The molecule has 23 heavy (non-hydrogen) atoms. The smallest absolute Gasteiger partial charge is 0.280 e. The second-order valence-electron chi connectivity index (χ2n) is 5.39. The van der Waals surface area contributed by atoms with E-state index in [0.29, 0.717) is 0 Å². The van der Waals surface area contributed by atoms with Gasteiger partial charge in [0.25, 0.3) is 5.69 Å². The quantitative estimate of drug-likeness (QED) is 0.420. The van der Waals surface area contributed by atoms with E-state index in [9.17, 15) is 14.9 Å². The average Bonchev–Trinajstić information content (AvgIpc) is 2.83. The molecule has 0 radical (unpaired) electrons. The Morgan fingerprint density at radius 2 is 1.96 bits per heavy atom. The summed E-state index contributed by atoms with van der Waals surface area (Å²) >= 11 is 0. The van der Waals surface area contributed by atoms with E-state index in [4.69, 9.17) is 0 Å². The second-order valence-corrected chi connectivity index (χ2v) is 5.39. The summed E-state index contributed by atoms with van der Waals surface area (Å²) in [5.41, 5.74) is 2.92. The fourth-order valence-corrected chi connectivity index (χ4v) is 2.63. The third kappa shape index (κ3) is 2.59. The number of Topliss-reactive ketones (excluding diaryl/α,β-unsaturated/α-hetero) is 1. The van der Waals surface area contributed by atoms with Gasteiger partial charge < -0.3 is 4.57 Å². The van der Waals surface area contributed by atoms with Crippen LogP contribution in [0.25, 0.3) is 11.4 Å². The summed E-state index contributed by atoms with van der Waals surface area (Å²) in [7, 11) is 0. The number of nitro benzene ring substituents is 1. The number of nitro groups is 1. The molecule has 0 spiro atoms. The number of benzene rings is 1. The first kappa shape index (κ1) is 14.9. The van der Waals surface area contributed by atoms with Crippen LogP contribution in [0.1, 0.15) is 21.6 Å². The predicted octanol–water partition coefficient (Wildman–Crippen LogP) is 3.40. The van der Waals surface area contributed by atoms with Crippen LogP contribution in [0.2, 0.25) is 0 Å². The Labute approximate surface area is 132 Å². The number of aryl methyl sites for hydroxylation is 1. The predicted molar refractivity (Wildman–Crippen MR) is 85.7 cm³/mol. The number of nitrogens with zero attached hydrogens (tertiary/aromatic N) is 3. The fraction of sp³-hybridized carbons (Fsp3) is 0.176. The minimum absolute atomic E-state index is 0.0120. The highest BCUT2D eigenvalue weighted by Crippen LogP contribution is 2.28. The summed E-state index contributed by atoms with van der Waals surface area (Å²) in [4.78, 5) is 27.6. The van der Waals surface area contributed by atoms with E-state index in [-0.39, 0.29) is 23.6 Å². The lowest BCUT2D eigenvalue weighted by Gasteiger charge is -2.11. The average molecular weight is 309 g/mol. The molecule has 0 N–H and O–H groups in total. The zero-order valence-corrected chi connectivity index (χ0v) is 12.8. The van der Waals surface area contributed by atoms with E-state index in [1.165, 1.54) is 12.1 Å². The number of carbonyl (C=O) groups excluding carboxylic acids is 1. The van der Waals surface area contributed by atoms with Crippen LogP contribution in [0, 0.1) is 24.0 Å². The number of pyridine rings is 1. The van der Waals surface area contributed by atoms with Crippen LogP contribution >= 0.6 is 0 Å². The number of rotatable bonds is 4. The van der Waals surface area contributed by atoms with Crippen LogP contribution in [-0.4, -0.2) is 20.3 Å². The first-order valence-electron chi connectivity index (χ1n) is 7.17. The Bertz CT molecular complexity index is 883. The van der Waals surface area contributed by atoms with Gasteiger partial charge >= 0.3 is 0 Å². The maximum atomic E-state index is 12.5. The number of hydrogen-bond donors (Lipinski definition) is 0. The number of aromatic nitrogens is 2. The van der Waals surface area contributed by atoms with Crippen molar-refractivity contribution in [1.82, 2.24) is 9.55 Å². The van der Waals surface area contributed by atoms with Gasteiger partial charge in [0, 0.05) is 23.5 Å². The molecule has 2 aliphatic rings. The van der Waals surface area contributed by atoms with Crippen molar-refractivity contribution in [2.24, 2.45) is 0 Å².